The van der Waals surface area contributed by atoms with Gasteiger partial charge in [0.05, 0.1) is 0 Å². The van der Waals surface area contributed by atoms with Crippen molar-refractivity contribution in [3.63, 3.8) is 0 Å². The number of benzene rings is 1. The van der Waals surface area contributed by atoms with E-state index in [9.17, 15) is 0 Å². The van der Waals surface area contributed by atoms with Crippen LogP contribution in [0.4, 0.5) is 0 Å². The van der Waals surface area contributed by atoms with Crippen molar-refractivity contribution in [1.82, 2.24) is 0 Å². The first-order valence-corrected chi connectivity index (χ1v) is 3.82. The Bertz CT molecular complexity index is 237. The molecule has 0 fully saturated rings. The van der Waals surface area contributed by atoms with Crippen LogP contribution in [-0.4, -0.2) is 0 Å². The summed E-state index contributed by atoms with van der Waals surface area (Å²) in [7, 11) is 0. The summed E-state index contributed by atoms with van der Waals surface area (Å²) < 4.78 is 0. The van der Waals surface area contributed by atoms with Crippen LogP contribution in [0.3, 0.4) is 0 Å². The minimum absolute atomic E-state index is 0. The number of rotatable bonds is 1. The normalized spacial score (nSPS) is 8.64. The fourth-order valence-electron chi connectivity index (χ4n) is 0.605. The van der Waals surface area contributed by atoms with Crippen molar-refractivity contribution in [2.24, 2.45) is 0 Å². The molecule has 11 heavy (non-hydrogen) atoms. The van der Waals surface area contributed by atoms with Gasteiger partial charge >= 0.3 is 0 Å². The molecule has 0 heterocycles. The number of hydrogen-bond acceptors (Lipinski definition) is 0. The Kier molecular flexibility index (Phi) is 5.88. The van der Waals surface area contributed by atoms with Gasteiger partial charge in [-0.15, -0.1) is 6.07 Å². The third kappa shape index (κ3) is 2.98. The quantitative estimate of drug-likeness (QED) is 0.520. The Labute approximate surface area is 99.6 Å². The maximum absolute atomic E-state index is 5.75. The Morgan fingerprint density at radius 3 is 2.27 bits per heavy atom. The molecule has 0 nitrogen and oxygen atoms in total. The second-order valence-electron chi connectivity index (χ2n) is 1.75. The van der Waals surface area contributed by atoms with Crippen molar-refractivity contribution >= 4 is 34.8 Å². The summed E-state index contributed by atoms with van der Waals surface area (Å²) in [6, 6.07) is 5.30. The molecule has 1 aromatic carbocycles. The molecule has 0 radical (unpaired) electrons. The Morgan fingerprint density at radius 2 is 1.82 bits per heavy atom. The van der Waals surface area contributed by atoms with Gasteiger partial charge in [-0.25, -0.2) is 0 Å². The van der Waals surface area contributed by atoms with Gasteiger partial charge in [0, 0.05) is 30.9 Å². The molecular weight excluding hydrogens is 369 g/mol. The van der Waals surface area contributed by atoms with Crippen LogP contribution < -0.4 is 0 Å². The average Bonchev–Trinajstić information content (AvgIpc) is 1.95. The number of hydrogen-bond donors (Lipinski definition) is 0. The fourth-order valence-corrected chi connectivity index (χ4v) is 1.20. The zero-order valence-corrected chi connectivity index (χ0v) is 11.3. The fraction of sp³-hybridized carbons (Fsp3) is 0. The van der Waals surface area contributed by atoms with E-state index < -0.39 is 0 Å². The standard InChI is InChI=1S/C7H4Cl3.Hf/c8-4-5-2-1-3-6(9)7(5)10;/h1-4H;/q-1;. The van der Waals surface area contributed by atoms with Crippen molar-refractivity contribution in [3.8, 4) is 0 Å². The van der Waals surface area contributed by atoms with E-state index in [0.717, 1.165) is 5.56 Å². The second kappa shape index (κ2) is 5.47. The van der Waals surface area contributed by atoms with E-state index in [0.29, 0.717) is 10.0 Å². The predicted molar refractivity (Wildman–Crippen MR) is 45.7 cm³/mol. The number of halogens is 3. The van der Waals surface area contributed by atoms with E-state index in [-0.39, 0.29) is 25.8 Å². The monoisotopic (exact) mass is 373 g/mol. The maximum Gasteiger partial charge on any atom is 0.00311 e. The molecule has 0 aromatic heterocycles. The van der Waals surface area contributed by atoms with Gasteiger partial charge in [0.1, 0.15) is 0 Å². The Hall–Kier alpha value is 0.830. The third-order valence-electron chi connectivity index (χ3n) is 1.10. The molecule has 0 aliphatic rings. The van der Waals surface area contributed by atoms with E-state index in [1.807, 2.05) is 0 Å². The van der Waals surface area contributed by atoms with Gasteiger partial charge in [-0.1, -0.05) is 23.5 Å². The summed E-state index contributed by atoms with van der Waals surface area (Å²) in [6.45, 7) is 0. The van der Waals surface area contributed by atoms with Crippen molar-refractivity contribution in [3.05, 3.63) is 39.7 Å². The predicted octanol–water partition coefficient (Wildman–Crippen LogP) is 3.74. The topological polar surface area (TPSA) is 0 Å². The van der Waals surface area contributed by atoms with Gasteiger partial charge in [-0.05, 0) is 5.02 Å². The van der Waals surface area contributed by atoms with Gasteiger partial charge in [0.15, 0.2) is 0 Å². The van der Waals surface area contributed by atoms with Gasteiger partial charge in [-0.3, -0.25) is 0 Å². The third-order valence-corrected chi connectivity index (χ3v) is 2.17. The summed E-state index contributed by atoms with van der Waals surface area (Å²) in [5.41, 5.74) is 0.746. The second-order valence-corrected chi connectivity index (χ2v) is 2.76. The van der Waals surface area contributed by atoms with Crippen molar-refractivity contribution in [2.75, 3.05) is 0 Å². The summed E-state index contributed by atoms with van der Waals surface area (Å²) in [6.07, 6.45) is 0. The van der Waals surface area contributed by atoms with Crippen LogP contribution >= 0.6 is 34.8 Å². The largest absolute Gasteiger partial charge is 0.174 e. The molecule has 0 aliphatic carbocycles. The van der Waals surface area contributed by atoms with Gasteiger partial charge < -0.3 is 0 Å². The first-order chi connectivity index (χ1) is 4.75. The summed E-state index contributed by atoms with van der Waals surface area (Å²) in [5.74, 6) is 1.40. The van der Waals surface area contributed by atoms with Crippen LogP contribution in [0.5, 0.6) is 0 Å². The van der Waals surface area contributed by atoms with Crippen LogP contribution in [0.15, 0.2) is 18.2 Å². The van der Waals surface area contributed by atoms with E-state index >= 15 is 0 Å². The summed E-state index contributed by atoms with van der Waals surface area (Å²) in [5, 5.41) is 1.02. The first kappa shape index (κ1) is 11.8. The molecule has 0 amide bonds. The molecule has 0 N–H and O–H groups in total. The van der Waals surface area contributed by atoms with Crippen LogP contribution in [0.1, 0.15) is 5.56 Å². The minimum atomic E-state index is 0. The first-order valence-electron chi connectivity index (χ1n) is 2.63. The van der Waals surface area contributed by atoms with Crippen molar-refractivity contribution in [1.29, 1.82) is 0 Å². The molecule has 0 spiro atoms. The maximum atomic E-state index is 5.75. The smallest absolute Gasteiger partial charge is 0.00311 e. The zero-order valence-electron chi connectivity index (χ0n) is 5.44. The Balaban J connectivity index is 0.000001000. The van der Waals surface area contributed by atoms with Crippen LogP contribution in [0, 0.1) is 5.88 Å². The van der Waals surface area contributed by atoms with Gasteiger partial charge in [-0.2, -0.15) is 34.8 Å². The van der Waals surface area contributed by atoms with Crippen molar-refractivity contribution in [2.45, 2.75) is 0 Å². The molecule has 1 aromatic rings. The molecule has 0 saturated heterocycles. The summed E-state index contributed by atoms with van der Waals surface area (Å²) >= 11 is 16.9. The zero-order chi connectivity index (χ0) is 7.56. The molecule has 0 atom stereocenters. The van der Waals surface area contributed by atoms with Crippen LogP contribution in [-0.2, 0) is 25.8 Å². The van der Waals surface area contributed by atoms with E-state index in [4.69, 9.17) is 34.8 Å². The molecule has 0 bridgehead atoms. The molecule has 0 unspecified atom stereocenters. The van der Waals surface area contributed by atoms with E-state index in [1.54, 1.807) is 18.2 Å². The van der Waals surface area contributed by atoms with Gasteiger partial charge in [0.2, 0.25) is 0 Å². The SMILES string of the molecule is Cl[CH-]c1cccc(Cl)c1Cl.[Hf]. The molecule has 0 saturated carbocycles. The molecule has 1 rings (SSSR count). The molecule has 58 valence electrons. The van der Waals surface area contributed by atoms with Crippen LogP contribution in [0.2, 0.25) is 10.0 Å². The summed E-state index contributed by atoms with van der Waals surface area (Å²) in [4.78, 5) is 0. The Morgan fingerprint density at radius 1 is 1.18 bits per heavy atom. The van der Waals surface area contributed by atoms with Crippen LogP contribution in [0.25, 0.3) is 0 Å². The van der Waals surface area contributed by atoms with E-state index in [2.05, 4.69) is 0 Å². The molecule has 4 heteroatoms. The van der Waals surface area contributed by atoms with E-state index in [1.165, 1.54) is 5.88 Å². The average molecular weight is 373 g/mol. The van der Waals surface area contributed by atoms with Crippen molar-refractivity contribution < 1.29 is 25.8 Å². The molecule has 0 aliphatic heterocycles. The van der Waals surface area contributed by atoms with Gasteiger partial charge in [0.25, 0.3) is 0 Å². The minimum Gasteiger partial charge on any atom is -0.174 e. The molecular formula is C7H4Cl3Hf-.